The fraction of sp³-hybridized carbons (Fsp3) is 0.167. The number of aromatic nitrogens is 1. The van der Waals surface area contributed by atoms with Gasteiger partial charge < -0.3 is 5.32 Å². The van der Waals surface area contributed by atoms with Gasteiger partial charge in [0.1, 0.15) is 11.6 Å². The SMILES string of the molecule is CCc1ccc(NC2=C(C#N)C(=O)Cc3cccnc32)cc1. The van der Waals surface area contributed by atoms with E-state index >= 15 is 0 Å². The van der Waals surface area contributed by atoms with Gasteiger partial charge >= 0.3 is 0 Å². The number of anilines is 1. The largest absolute Gasteiger partial charge is 0.353 e. The number of rotatable bonds is 3. The van der Waals surface area contributed by atoms with Gasteiger partial charge in [-0.1, -0.05) is 25.1 Å². The first-order valence-corrected chi connectivity index (χ1v) is 7.20. The molecular weight excluding hydrogens is 274 g/mol. The molecule has 108 valence electrons. The molecule has 0 fully saturated rings. The monoisotopic (exact) mass is 289 g/mol. The van der Waals surface area contributed by atoms with Crippen molar-refractivity contribution in [3.8, 4) is 6.07 Å². The lowest BCUT2D eigenvalue weighted by Gasteiger charge is -2.19. The predicted octanol–water partition coefficient (Wildman–Crippen LogP) is 3.12. The molecule has 1 aliphatic rings. The second-order valence-corrected chi connectivity index (χ2v) is 5.15. The van der Waals surface area contributed by atoms with Crippen molar-refractivity contribution in [3.63, 3.8) is 0 Å². The van der Waals surface area contributed by atoms with Gasteiger partial charge in [0.05, 0.1) is 11.4 Å². The highest BCUT2D eigenvalue weighted by Gasteiger charge is 2.26. The van der Waals surface area contributed by atoms with Crippen molar-refractivity contribution in [2.24, 2.45) is 0 Å². The number of hydrogen-bond donors (Lipinski definition) is 1. The third kappa shape index (κ3) is 2.49. The summed E-state index contributed by atoms with van der Waals surface area (Å²) < 4.78 is 0. The smallest absolute Gasteiger partial charge is 0.180 e. The van der Waals surface area contributed by atoms with Crippen LogP contribution in [-0.4, -0.2) is 10.8 Å². The zero-order valence-corrected chi connectivity index (χ0v) is 12.3. The molecule has 0 saturated heterocycles. The minimum atomic E-state index is -0.171. The molecular formula is C18H15N3O. The van der Waals surface area contributed by atoms with Crippen molar-refractivity contribution in [2.45, 2.75) is 19.8 Å². The highest BCUT2D eigenvalue weighted by atomic mass is 16.1. The molecule has 0 bridgehead atoms. The number of carbonyl (C=O) groups is 1. The Bertz CT molecular complexity index is 798. The number of Topliss-reactive ketones (excluding diaryl/α,β-unsaturated/α-hetero) is 1. The van der Waals surface area contributed by atoms with Crippen LogP contribution in [0, 0.1) is 11.3 Å². The van der Waals surface area contributed by atoms with Crippen molar-refractivity contribution >= 4 is 17.2 Å². The molecule has 2 aromatic rings. The summed E-state index contributed by atoms with van der Waals surface area (Å²) in [5, 5.41) is 12.5. The van der Waals surface area contributed by atoms with E-state index in [0.717, 1.165) is 17.7 Å². The van der Waals surface area contributed by atoms with E-state index < -0.39 is 0 Å². The summed E-state index contributed by atoms with van der Waals surface area (Å²) in [4.78, 5) is 16.5. The highest BCUT2D eigenvalue weighted by Crippen LogP contribution is 2.28. The van der Waals surface area contributed by atoms with Gasteiger partial charge in [-0.05, 0) is 35.7 Å². The van der Waals surface area contributed by atoms with Crippen LogP contribution in [0.1, 0.15) is 23.7 Å². The number of hydrogen-bond acceptors (Lipinski definition) is 4. The summed E-state index contributed by atoms with van der Waals surface area (Å²) in [7, 11) is 0. The van der Waals surface area contributed by atoms with Crippen LogP contribution in [0.15, 0.2) is 48.2 Å². The van der Waals surface area contributed by atoms with E-state index in [9.17, 15) is 10.1 Å². The Morgan fingerprint density at radius 2 is 2.05 bits per heavy atom. The van der Waals surface area contributed by atoms with E-state index in [1.165, 1.54) is 5.56 Å². The van der Waals surface area contributed by atoms with Gasteiger partial charge in [0.2, 0.25) is 0 Å². The molecule has 0 radical (unpaired) electrons. The fourth-order valence-electron chi connectivity index (χ4n) is 2.53. The van der Waals surface area contributed by atoms with Gasteiger partial charge in [-0.3, -0.25) is 9.78 Å². The fourth-order valence-corrected chi connectivity index (χ4v) is 2.53. The van der Waals surface area contributed by atoms with Gasteiger partial charge in [0, 0.05) is 18.3 Å². The molecule has 1 aromatic carbocycles. The summed E-state index contributed by atoms with van der Waals surface area (Å²) in [6.45, 7) is 2.10. The topological polar surface area (TPSA) is 65.8 Å². The molecule has 3 rings (SSSR count). The average molecular weight is 289 g/mol. The number of pyridine rings is 1. The first-order valence-electron chi connectivity index (χ1n) is 7.20. The molecule has 4 heteroatoms. The molecule has 1 heterocycles. The Kier molecular flexibility index (Phi) is 3.71. The lowest BCUT2D eigenvalue weighted by Crippen LogP contribution is -2.19. The lowest BCUT2D eigenvalue weighted by atomic mass is 9.92. The lowest BCUT2D eigenvalue weighted by molar-refractivity contribution is -0.114. The van der Waals surface area contributed by atoms with Crippen LogP contribution < -0.4 is 5.32 Å². The maximum atomic E-state index is 12.1. The molecule has 0 unspecified atom stereocenters. The molecule has 1 aromatic heterocycles. The summed E-state index contributed by atoms with van der Waals surface area (Å²) in [6, 6.07) is 13.6. The quantitative estimate of drug-likeness (QED) is 0.942. The number of nitriles is 1. The number of nitrogens with zero attached hydrogens (tertiary/aromatic N) is 2. The summed E-state index contributed by atoms with van der Waals surface area (Å²) in [5.74, 6) is -0.171. The van der Waals surface area contributed by atoms with Crippen LogP contribution in [0.3, 0.4) is 0 Å². The van der Waals surface area contributed by atoms with Crippen molar-refractivity contribution in [1.82, 2.24) is 4.98 Å². The number of aryl methyl sites for hydroxylation is 1. The first-order chi connectivity index (χ1) is 10.7. The Balaban J connectivity index is 2.04. The van der Waals surface area contributed by atoms with E-state index in [4.69, 9.17) is 0 Å². The Hall–Kier alpha value is -2.93. The van der Waals surface area contributed by atoms with E-state index in [1.54, 1.807) is 12.3 Å². The number of benzene rings is 1. The zero-order chi connectivity index (χ0) is 15.5. The maximum Gasteiger partial charge on any atom is 0.180 e. The van der Waals surface area contributed by atoms with E-state index in [1.807, 2.05) is 36.4 Å². The molecule has 0 aliphatic heterocycles. The van der Waals surface area contributed by atoms with Gasteiger partial charge in [-0.25, -0.2) is 0 Å². The van der Waals surface area contributed by atoms with Crippen molar-refractivity contribution < 1.29 is 4.79 Å². The van der Waals surface area contributed by atoms with Gasteiger partial charge in [0.15, 0.2) is 5.78 Å². The second kappa shape index (κ2) is 5.82. The van der Waals surface area contributed by atoms with Crippen molar-refractivity contribution in [2.75, 3.05) is 5.32 Å². The summed E-state index contributed by atoms with van der Waals surface area (Å²) in [5.41, 5.74) is 4.24. The number of carbonyl (C=O) groups excluding carboxylic acids is 1. The zero-order valence-electron chi connectivity index (χ0n) is 12.3. The molecule has 22 heavy (non-hydrogen) atoms. The van der Waals surface area contributed by atoms with Crippen LogP contribution in [0.25, 0.3) is 5.70 Å². The molecule has 1 aliphatic carbocycles. The minimum absolute atomic E-state index is 0.144. The summed E-state index contributed by atoms with van der Waals surface area (Å²) in [6.07, 6.45) is 2.87. The average Bonchev–Trinajstić information content (AvgIpc) is 2.55. The standard InChI is InChI=1S/C18H15N3O/c1-2-12-5-7-14(8-6-12)21-18-15(11-19)16(22)10-13-4-3-9-20-17(13)18/h3-9,21H,2,10H2,1H3. The summed E-state index contributed by atoms with van der Waals surface area (Å²) >= 11 is 0. The Morgan fingerprint density at radius 3 is 2.73 bits per heavy atom. The number of ketones is 1. The molecule has 0 amide bonds. The minimum Gasteiger partial charge on any atom is -0.353 e. The number of fused-ring (bicyclic) bond motifs is 1. The third-order valence-corrected chi connectivity index (χ3v) is 3.75. The van der Waals surface area contributed by atoms with Gasteiger partial charge in [0.25, 0.3) is 0 Å². The Morgan fingerprint density at radius 1 is 1.27 bits per heavy atom. The predicted molar refractivity (Wildman–Crippen MR) is 84.9 cm³/mol. The number of nitrogens with one attached hydrogen (secondary N) is 1. The number of allylic oxidation sites excluding steroid dienone is 1. The van der Waals surface area contributed by atoms with Crippen LogP contribution in [0.5, 0.6) is 0 Å². The van der Waals surface area contributed by atoms with Crippen LogP contribution >= 0.6 is 0 Å². The second-order valence-electron chi connectivity index (χ2n) is 5.15. The van der Waals surface area contributed by atoms with Gasteiger partial charge in [-0.2, -0.15) is 5.26 Å². The molecule has 0 saturated carbocycles. The van der Waals surface area contributed by atoms with Crippen molar-refractivity contribution in [3.05, 3.63) is 65.0 Å². The van der Waals surface area contributed by atoms with E-state index in [2.05, 4.69) is 17.2 Å². The van der Waals surface area contributed by atoms with E-state index in [-0.39, 0.29) is 17.8 Å². The first kappa shape index (κ1) is 14.0. The molecule has 4 nitrogen and oxygen atoms in total. The molecule has 1 N–H and O–H groups in total. The van der Waals surface area contributed by atoms with Crippen LogP contribution in [-0.2, 0) is 17.6 Å². The van der Waals surface area contributed by atoms with Crippen molar-refractivity contribution in [1.29, 1.82) is 5.26 Å². The molecule has 0 spiro atoms. The third-order valence-electron chi connectivity index (χ3n) is 3.75. The Labute approximate surface area is 129 Å². The molecule has 0 atom stereocenters. The van der Waals surface area contributed by atoms with Gasteiger partial charge in [-0.15, -0.1) is 0 Å². The maximum absolute atomic E-state index is 12.1. The van der Waals surface area contributed by atoms with E-state index in [0.29, 0.717) is 11.4 Å². The van der Waals surface area contributed by atoms with Crippen LogP contribution in [0.2, 0.25) is 0 Å². The highest BCUT2D eigenvalue weighted by molar-refractivity contribution is 6.11. The normalized spacial score (nSPS) is 13.5. The van der Waals surface area contributed by atoms with Crippen LogP contribution in [0.4, 0.5) is 5.69 Å².